The largest absolute Gasteiger partial charge is 0.316 e. The molecule has 0 aromatic carbocycles. The molecule has 0 spiro atoms. The van der Waals surface area contributed by atoms with Gasteiger partial charge in [-0.05, 0) is 31.8 Å². The van der Waals surface area contributed by atoms with Crippen LogP contribution in [0.15, 0.2) is 22.5 Å². The van der Waals surface area contributed by atoms with Gasteiger partial charge in [-0.3, -0.25) is 5.10 Å². The van der Waals surface area contributed by atoms with Crippen molar-refractivity contribution in [1.82, 2.24) is 20.2 Å². The molecular weight excluding hydrogens is 296 g/mol. The Hall–Kier alpha value is -1.22. The maximum Gasteiger partial charge on any atom is 0.260 e. The Morgan fingerprint density at radius 1 is 1.45 bits per heavy atom. The summed E-state index contributed by atoms with van der Waals surface area (Å²) in [5, 5.41) is 11.6. The van der Waals surface area contributed by atoms with Crippen molar-refractivity contribution < 1.29 is 8.42 Å². The van der Waals surface area contributed by atoms with E-state index in [0.29, 0.717) is 25.1 Å². The molecule has 0 atom stereocenters. The summed E-state index contributed by atoms with van der Waals surface area (Å²) >= 11 is 1.62. The lowest BCUT2D eigenvalue weighted by Crippen LogP contribution is -2.27. The number of aromatic nitrogens is 2. The Labute approximate surface area is 122 Å². The molecule has 2 aromatic rings. The lowest BCUT2D eigenvalue weighted by molar-refractivity contribution is 0.575. The monoisotopic (exact) mass is 314 g/mol. The van der Waals surface area contributed by atoms with Crippen LogP contribution in [0.5, 0.6) is 0 Å². The molecule has 2 rings (SSSR count). The molecule has 0 aliphatic carbocycles. The smallest absolute Gasteiger partial charge is 0.260 e. The quantitative estimate of drug-likeness (QED) is 0.712. The molecule has 6 nitrogen and oxygen atoms in total. The Balaban J connectivity index is 2.06. The minimum absolute atomic E-state index is 0.0792. The first-order valence-electron chi connectivity index (χ1n) is 6.25. The van der Waals surface area contributed by atoms with Gasteiger partial charge in [-0.1, -0.05) is 6.07 Å². The van der Waals surface area contributed by atoms with Gasteiger partial charge in [0.25, 0.3) is 10.0 Å². The molecule has 0 radical (unpaired) electrons. The molecule has 0 aliphatic rings. The summed E-state index contributed by atoms with van der Waals surface area (Å²) in [6.45, 7) is 2.64. The van der Waals surface area contributed by atoms with Gasteiger partial charge < -0.3 is 5.32 Å². The van der Waals surface area contributed by atoms with E-state index in [9.17, 15) is 8.42 Å². The van der Waals surface area contributed by atoms with Gasteiger partial charge in [0, 0.05) is 29.2 Å². The van der Waals surface area contributed by atoms with Crippen molar-refractivity contribution >= 4 is 21.4 Å². The highest BCUT2D eigenvalue weighted by atomic mass is 32.2. The van der Waals surface area contributed by atoms with Crippen LogP contribution in [-0.2, 0) is 23.0 Å². The molecule has 0 fully saturated rings. The molecule has 2 aromatic heterocycles. The first-order chi connectivity index (χ1) is 9.54. The summed E-state index contributed by atoms with van der Waals surface area (Å²) < 4.78 is 27.1. The second-order valence-electron chi connectivity index (χ2n) is 4.39. The number of thiophene rings is 1. The van der Waals surface area contributed by atoms with Crippen LogP contribution in [0.1, 0.15) is 16.1 Å². The summed E-state index contributed by atoms with van der Waals surface area (Å²) in [7, 11) is -1.80. The van der Waals surface area contributed by atoms with Crippen molar-refractivity contribution in [3.63, 3.8) is 0 Å². The van der Waals surface area contributed by atoms with E-state index in [1.807, 2.05) is 24.4 Å². The topological polar surface area (TPSA) is 86.9 Å². The van der Waals surface area contributed by atoms with E-state index in [4.69, 9.17) is 0 Å². The Bertz CT molecular complexity index is 647. The van der Waals surface area contributed by atoms with E-state index < -0.39 is 10.0 Å². The van der Waals surface area contributed by atoms with Gasteiger partial charge in [0.2, 0.25) is 0 Å². The van der Waals surface area contributed by atoms with Crippen LogP contribution < -0.4 is 10.0 Å². The fraction of sp³-hybridized carbons (Fsp3) is 0.417. The second-order valence-corrected chi connectivity index (χ2v) is 7.10. The van der Waals surface area contributed by atoms with Crippen molar-refractivity contribution in [1.29, 1.82) is 0 Å². The SMILES string of the molecule is CNCc1c(S(=O)(=O)NCCc2cccs2)n[nH]c1C. The van der Waals surface area contributed by atoms with Crippen molar-refractivity contribution in [2.75, 3.05) is 13.6 Å². The molecule has 0 saturated carbocycles. The summed E-state index contributed by atoms with van der Waals surface area (Å²) in [6.07, 6.45) is 0.682. The Kier molecular flexibility index (Phi) is 4.92. The number of hydrogen-bond acceptors (Lipinski definition) is 5. The molecule has 110 valence electrons. The summed E-state index contributed by atoms with van der Waals surface area (Å²) in [5.74, 6) is 0. The number of sulfonamides is 1. The van der Waals surface area contributed by atoms with Crippen molar-refractivity contribution in [3.05, 3.63) is 33.6 Å². The molecule has 0 unspecified atom stereocenters. The molecular formula is C12H18N4O2S2. The number of rotatable bonds is 7. The maximum absolute atomic E-state index is 12.3. The van der Waals surface area contributed by atoms with Gasteiger partial charge >= 0.3 is 0 Å². The van der Waals surface area contributed by atoms with E-state index in [1.54, 1.807) is 18.4 Å². The Morgan fingerprint density at radius 3 is 2.90 bits per heavy atom. The predicted octanol–water partition coefficient (Wildman–Crippen LogP) is 1.02. The third-order valence-electron chi connectivity index (χ3n) is 2.89. The lowest BCUT2D eigenvalue weighted by Gasteiger charge is -2.06. The molecule has 20 heavy (non-hydrogen) atoms. The van der Waals surface area contributed by atoms with E-state index >= 15 is 0 Å². The third kappa shape index (κ3) is 3.45. The van der Waals surface area contributed by atoms with Crippen LogP contribution in [0.25, 0.3) is 0 Å². The zero-order valence-electron chi connectivity index (χ0n) is 11.4. The highest BCUT2D eigenvalue weighted by molar-refractivity contribution is 7.89. The van der Waals surface area contributed by atoms with Gasteiger partial charge in [-0.15, -0.1) is 11.3 Å². The van der Waals surface area contributed by atoms with Gasteiger partial charge in [-0.2, -0.15) is 5.10 Å². The number of aryl methyl sites for hydroxylation is 1. The minimum atomic E-state index is -3.57. The van der Waals surface area contributed by atoms with Gasteiger partial charge in [0.1, 0.15) is 0 Å². The van der Waals surface area contributed by atoms with Crippen LogP contribution in [0.3, 0.4) is 0 Å². The number of nitrogens with one attached hydrogen (secondary N) is 3. The van der Waals surface area contributed by atoms with Crippen LogP contribution in [-0.4, -0.2) is 32.2 Å². The molecule has 0 aliphatic heterocycles. The van der Waals surface area contributed by atoms with Crippen LogP contribution in [0, 0.1) is 6.92 Å². The van der Waals surface area contributed by atoms with Crippen molar-refractivity contribution in [2.45, 2.75) is 24.9 Å². The maximum atomic E-state index is 12.3. The average molecular weight is 314 g/mol. The number of H-pyrrole nitrogens is 1. The molecule has 0 bridgehead atoms. The Morgan fingerprint density at radius 2 is 2.25 bits per heavy atom. The standard InChI is InChI=1S/C12H18N4O2S2/c1-9-11(8-13-2)12(16-15-9)20(17,18)14-6-5-10-4-3-7-19-10/h3-4,7,13-14H,5-6,8H2,1-2H3,(H,15,16). The fourth-order valence-corrected chi connectivity index (χ4v) is 3.80. The molecule has 0 saturated heterocycles. The van der Waals surface area contributed by atoms with Gasteiger partial charge in [0.05, 0.1) is 0 Å². The fourth-order valence-electron chi connectivity index (χ4n) is 1.87. The van der Waals surface area contributed by atoms with E-state index in [0.717, 1.165) is 10.6 Å². The normalized spacial score (nSPS) is 11.9. The number of nitrogens with zero attached hydrogens (tertiary/aromatic N) is 1. The van der Waals surface area contributed by atoms with Gasteiger partial charge in [-0.25, -0.2) is 13.1 Å². The third-order valence-corrected chi connectivity index (χ3v) is 5.25. The highest BCUT2D eigenvalue weighted by Gasteiger charge is 2.22. The first-order valence-corrected chi connectivity index (χ1v) is 8.61. The lowest BCUT2D eigenvalue weighted by atomic mass is 10.3. The van der Waals surface area contributed by atoms with E-state index in [1.165, 1.54) is 0 Å². The zero-order valence-corrected chi connectivity index (χ0v) is 13.1. The summed E-state index contributed by atoms with van der Waals surface area (Å²) in [5.41, 5.74) is 1.44. The summed E-state index contributed by atoms with van der Waals surface area (Å²) in [6, 6.07) is 3.95. The molecule has 3 N–H and O–H groups in total. The van der Waals surface area contributed by atoms with Crippen LogP contribution in [0.2, 0.25) is 0 Å². The summed E-state index contributed by atoms with van der Waals surface area (Å²) in [4.78, 5) is 1.15. The molecule has 2 heterocycles. The van der Waals surface area contributed by atoms with Crippen LogP contribution in [0.4, 0.5) is 0 Å². The van der Waals surface area contributed by atoms with Gasteiger partial charge in [0.15, 0.2) is 5.03 Å². The minimum Gasteiger partial charge on any atom is -0.316 e. The number of aromatic amines is 1. The predicted molar refractivity (Wildman–Crippen MR) is 79.3 cm³/mol. The first kappa shape index (κ1) is 15.2. The number of hydrogen-bond donors (Lipinski definition) is 3. The van der Waals surface area contributed by atoms with Crippen molar-refractivity contribution in [2.24, 2.45) is 0 Å². The zero-order chi connectivity index (χ0) is 14.6. The second kappa shape index (κ2) is 6.49. The van der Waals surface area contributed by atoms with E-state index in [-0.39, 0.29) is 5.03 Å². The molecule has 0 amide bonds. The average Bonchev–Trinajstić information content (AvgIpc) is 3.01. The van der Waals surface area contributed by atoms with Crippen LogP contribution >= 0.6 is 11.3 Å². The van der Waals surface area contributed by atoms with E-state index in [2.05, 4.69) is 20.2 Å². The highest BCUT2D eigenvalue weighted by Crippen LogP contribution is 2.16. The van der Waals surface area contributed by atoms with Crippen molar-refractivity contribution in [3.8, 4) is 0 Å². The molecule has 8 heteroatoms.